The Bertz CT molecular complexity index is 733. The monoisotopic (exact) mass is 386 g/mol. The van der Waals surface area contributed by atoms with E-state index in [9.17, 15) is 14.4 Å². The van der Waals surface area contributed by atoms with Crippen LogP contribution < -0.4 is 0 Å². The third-order valence-corrected chi connectivity index (χ3v) is 8.26. The Labute approximate surface area is 168 Å². The molecule has 4 rings (SSSR count). The van der Waals surface area contributed by atoms with Crippen molar-refractivity contribution in [3.8, 4) is 0 Å². The minimum atomic E-state index is 0.0875. The van der Waals surface area contributed by atoms with Crippen molar-refractivity contribution < 1.29 is 19.5 Å². The van der Waals surface area contributed by atoms with Crippen LogP contribution in [-0.2, 0) is 14.4 Å². The molecular formula is C24H34O4. The standard InChI is InChI=1S/C12H18O2.C12H16O2/c2*1-8-3-11(14)5-10-4-9(7-13)6-12(8,10)2/h6,8,10,13H,3-5,7H2,1-2H3;6-8,10H,3-5H2,1-2H3/t2*8-,10-,12+/m11/s1. The first kappa shape index (κ1) is 21.2. The van der Waals surface area contributed by atoms with Gasteiger partial charge in [-0.25, -0.2) is 0 Å². The lowest BCUT2D eigenvalue weighted by molar-refractivity contribution is -0.126. The zero-order valence-electron chi connectivity index (χ0n) is 17.7. The van der Waals surface area contributed by atoms with Gasteiger partial charge in [0.15, 0.2) is 0 Å². The van der Waals surface area contributed by atoms with Crippen molar-refractivity contribution in [2.24, 2.45) is 34.5 Å². The maximum atomic E-state index is 11.5. The lowest BCUT2D eigenvalue weighted by Gasteiger charge is -2.40. The average Bonchev–Trinajstić information content (AvgIpc) is 3.14. The van der Waals surface area contributed by atoms with E-state index in [-0.39, 0.29) is 17.4 Å². The van der Waals surface area contributed by atoms with Gasteiger partial charge in [0.1, 0.15) is 17.9 Å². The van der Waals surface area contributed by atoms with E-state index in [0.29, 0.717) is 60.9 Å². The van der Waals surface area contributed by atoms with Crippen LogP contribution in [0.15, 0.2) is 23.3 Å². The summed E-state index contributed by atoms with van der Waals surface area (Å²) in [6.45, 7) is 8.85. The number of aliphatic hydroxyl groups excluding tert-OH is 1. The summed E-state index contributed by atoms with van der Waals surface area (Å²) < 4.78 is 0. The van der Waals surface area contributed by atoms with Gasteiger partial charge in [-0.2, -0.15) is 0 Å². The molecule has 4 aliphatic rings. The molecule has 0 heterocycles. The Kier molecular flexibility index (Phi) is 5.82. The molecule has 0 aromatic heterocycles. The van der Waals surface area contributed by atoms with E-state index in [4.69, 9.17) is 5.11 Å². The molecule has 0 radical (unpaired) electrons. The molecule has 1 N–H and O–H groups in total. The molecule has 154 valence electrons. The maximum absolute atomic E-state index is 11.5. The smallest absolute Gasteiger partial charge is 0.145 e. The van der Waals surface area contributed by atoms with Crippen LogP contribution in [0.3, 0.4) is 0 Å². The van der Waals surface area contributed by atoms with E-state index in [1.807, 2.05) is 0 Å². The number of allylic oxidation sites excluding steroid dienone is 3. The van der Waals surface area contributed by atoms with Gasteiger partial charge >= 0.3 is 0 Å². The van der Waals surface area contributed by atoms with Gasteiger partial charge in [0, 0.05) is 25.7 Å². The molecule has 0 unspecified atom stereocenters. The normalized spacial score (nSPS) is 42.0. The predicted molar refractivity (Wildman–Crippen MR) is 109 cm³/mol. The van der Waals surface area contributed by atoms with Crippen LogP contribution in [-0.4, -0.2) is 29.6 Å². The van der Waals surface area contributed by atoms with E-state index in [1.54, 1.807) is 0 Å². The second kappa shape index (κ2) is 7.70. The second-order valence-corrected chi connectivity index (χ2v) is 10.0. The summed E-state index contributed by atoms with van der Waals surface area (Å²) in [6, 6.07) is 0. The largest absolute Gasteiger partial charge is 0.392 e. The molecule has 0 amide bonds. The van der Waals surface area contributed by atoms with Crippen LogP contribution in [0.25, 0.3) is 0 Å². The number of ketones is 2. The Morgan fingerprint density at radius 2 is 1.39 bits per heavy atom. The van der Waals surface area contributed by atoms with Crippen molar-refractivity contribution in [3.05, 3.63) is 23.3 Å². The molecule has 28 heavy (non-hydrogen) atoms. The van der Waals surface area contributed by atoms with Crippen molar-refractivity contribution in [2.75, 3.05) is 6.61 Å². The summed E-state index contributed by atoms with van der Waals surface area (Å²) in [5.41, 5.74) is 2.26. The van der Waals surface area contributed by atoms with Crippen LogP contribution in [0.4, 0.5) is 0 Å². The first-order valence-corrected chi connectivity index (χ1v) is 10.6. The van der Waals surface area contributed by atoms with Gasteiger partial charge in [-0.3, -0.25) is 14.4 Å². The zero-order chi connectivity index (χ0) is 20.7. The molecule has 4 heteroatoms. The molecule has 4 nitrogen and oxygen atoms in total. The molecule has 0 aromatic carbocycles. The first-order valence-electron chi connectivity index (χ1n) is 10.6. The number of carbonyl (C=O) groups excluding carboxylic acids is 3. The summed E-state index contributed by atoms with van der Waals surface area (Å²) in [5.74, 6) is 2.39. The summed E-state index contributed by atoms with van der Waals surface area (Å²) in [4.78, 5) is 33.6. The molecular weight excluding hydrogens is 352 g/mol. The van der Waals surface area contributed by atoms with E-state index in [1.165, 1.54) is 0 Å². The third kappa shape index (κ3) is 3.68. The SMILES string of the molecule is C[C@@H]1CC(=O)C[C@H]2CC(C=O)=C[C@]21C.C[C@@H]1CC(=O)C[C@H]2CC(CO)=C[C@]21C. The number of hydrogen-bond acceptors (Lipinski definition) is 4. The fraction of sp³-hybridized carbons (Fsp3) is 0.708. The summed E-state index contributed by atoms with van der Waals surface area (Å²) in [6.07, 6.45) is 9.74. The van der Waals surface area contributed by atoms with Crippen molar-refractivity contribution in [1.29, 1.82) is 0 Å². The minimum Gasteiger partial charge on any atom is -0.392 e. The predicted octanol–water partition coefficient (Wildman–Crippen LogP) is 4.07. The van der Waals surface area contributed by atoms with Gasteiger partial charge in [0.05, 0.1) is 6.61 Å². The molecule has 2 fully saturated rings. The Balaban J connectivity index is 0.000000161. The number of fused-ring (bicyclic) bond motifs is 2. The molecule has 0 aromatic rings. The number of aldehydes is 1. The Morgan fingerprint density at radius 1 is 0.893 bits per heavy atom. The van der Waals surface area contributed by atoms with E-state index >= 15 is 0 Å². The average molecular weight is 387 g/mol. The van der Waals surface area contributed by atoms with Gasteiger partial charge in [-0.15, -0.1) is 0 Å². The maximum Gasteiger partial charge on any atom is 0.145 e. The molecule has 4 aliphatic carbocycles. The van der Waals surface area contributed by atoms with Crippen LogP contribution in [0.1, 0.15) is 66.2 Å². The number of Topliss-reactive ketones (excluding diaryl/α,β-unsaturated/α-hetero) is 2. The number of hydrogen-bond donors (Lipinski definition) is 1. The highest BCUT2D eigenvalue weighted by atomic mass is 16.3. The van der Waals surface area contributed by atoms with Crippen LogP contribution in [0.5, 0.6) is 0 Å². The molecule has 2 saturated carbocycles. The number of carbonyl (C=O) groups is 3. The highest BCUT2D eigenvalue weighted by molar-refractivity contribution is 5.82. The van der Waals surface area contributed by atoms with E-state index in [0.717, 1.165) is 30.3 Å². The zero-order valence-corrected chi connectivity index (χ0v) is 17.7. The Morgan fingerprint density at radius 3 is 1.89 bits per heavy atom. The van der Waals surface area contributed by atoms with Crippen molar-refractivity contribution in [1.82, 2.24) is 0 Å². The summed E-state index contributed by atoms with van der Waals surface area (Å²) in [5, 5.41) is 9.13. The number of rotatable bonds is 2. The van der Waals surface area contributed by atoms with Gasteiger partial charge in [0.25, 0.3) is 0 Å². The topological polar surface area (TPSA) is 71.4 Å². The molecule has 0 aliphatic heterocycles. The minimum absolute atomic E-state index is 0.0875. The van der Waals surface area contributed by atoms with Crippen LogP contribution in [0, 0.1) is 34.5 Å². The molecule has 0 bridgehead atoms. The first-order chi connectivity index (χ1) is 13.1. The van der Waals surface area contributed by atoms with Gasteiger partial charge < -0.3 is 5.11 Å². The van der Waals surface area contributed by atoms with Crippen LogP contribution in [0.2, 0.25) is 0 Å². The summed E-state index contributed by atoms with van der Waals surface area (Å²) in [7, 11) is 0. The fourth-order valence-corrected chi connectivity index (χ4v) is 5.94. The van der Waals surface area contributed by atoms with E-state index < -0.39 is 0 Å². The summed E-state index contributed by atoms with van der Waals surface area (Å²) >= 11 is 0. The fourth-order valence-electron chi connectivity index (χ4n) is 5.94. The van der Waals surface area contributed by atoms with Gasteiger partial charge in [0.2, 0.25) is 0 Å². The van der Waals surface area contributed by atoms with Crippen molar-refractivity contribution in [3.63, 3.8) is 0 Å². The second-order valence-electron chi connectivity index (χ2n) is 10.0. The molecule has 0 saturated heterocycles. The van der Waals surface area contributed by atoms with Crippen molar-refractivity contribution in [2.45, 2.75) is 66.2 Å². The van der Waals surface area contributed by atoms with E-state index in [2.05, 4.69) is 39.8 Å². The molecule has 6 atom stereocenters. The van der Waals surface area contributed by atoms with Gasteiger partial charge in [-0.1, -0.05) is 39.8 Å². The van der Waals surface area contributed by atoms with Crippen LogP contribution >= 0.6 is 0 Å². The lowest BCUT2D eigenvalue weighted by Crippen LogP contribution is -2.37. The lowest BCUT2D eigenvalue weighted by atomic mass is 9.63. The highest BCUT2D eigenvalue weighted by Crippen LogP contribution is 2.53. The highest BCUT2D eigenvalue weighted by Gasteiger charge is 2.47. The molecule has 0 spiro atoms. The quantitative estimate of drug-likeness (QED) is 0.574. The van der Waals surface area contributed by atoms with Crippen molar-refractivity contribution >= 4 is 17.9 Å². The number of aliphatic hydroxyl groups is 1. The third-order valence-electron chi connectivity index (χ3n) is 8.26. The van der Waals surface area contributed by atoms with Gasteiger partial charge in [-0.05, 0) is 58.5 Å². The Hall–Kier alpha value is -1.55.